The van der Waals surface area contributed by atoms with Crippen molar-refractivity contribution in [1.82, 2.24) is 0 Å². The van der Waals surface area contributed by atoms with Crippen LogP contribution >= 0.6 is 8.03 Å². The van der Waals surface area contributed by atoms with Crippen LogP contribution in [0.1, 0.15) is 111 Å². The van der Waals surface area contributed by atoms with Crippen LogP contribution in [0.25, 0.3) is 0 Å². The molecule has 1 atom stereocenters. The molecule has 1 unspecified atom stereocenters. The van der Waals surface area contributed by atoms with Crippen LogP contribution in [-0.4, -0.2) is 7.11 Å². The summed E-state index contributed by atoms with van der Waals surface area (Å²) in [5.41, 5.74) is 7.53. The highest BCUT2D eigenvalue weighted by molar-refractivity contribution is 7.48. The van der Waals surface area contributed by atoms with Crippen molar-refractivity contribution in [1.29, 1.82) is 0 Å². The zero-order valence-corrected chi connectivity index (χ0v) is 26.2. The highest BCUT2D eigenvalue weighted by atomic mass is 31.1. The van der Waals surface area contributed by atoms with Crippen molar-refractivity contribution in [2.75, 3.05) is 7.11 Å². The fourth-order valence-corrected chi connectivity index (χ4v) is 8.36. The second-order valence-corrected chi connectivity index (χ2v) is 14.3. The molecule has 4 heteroatoms. The van der Waals surface area contributed by atoms with Gasteiger partial charge in [0.15, 0.2) is 0 Å². The average Bonchev–Trinajstić information content (AvgIpc) is 2.95. The molecule has 3 aromatic rings. The third-order valence-electron chi connectivity index (χ3n) is 9.62. The molecule has 214 valence electrons. The van der Waals surface area contributed by atoms with Crippen molar-refractivity contribution in [2.24, 2.45) is 0 Å². The summed E-state index contributed by atoms with van der Waals surface area (Å²) in [6.45, 7) is 9.19. The summed E-state index contributed by atoms with van der Waals surface area (Å²) in [6.07, 6.45) is 13.0. The van der Waals surface area contributed by atoms with E-state index in [1.807, 2.05) is 37.4 Å². The minimum atomic E-state index is -2.47. The zero-order chi connectivity index (χ0) is 28.3. The lowest BCUT2D eigenvalue weighted by molar-refractivity contribution is 0.303. The van der Waals surface area contributed by atoms with Crippen molar-refractivity contribution >= 4 is 13.3 Å². The van der Waals surface area contributed by atoms with Gasteiger partial charge in [-0.25, -0.2) is 0 Å². The molecule has 2 aliphatic rings. The lowest BCUT2D eigenvalue weighted by atomic mass is 9.69. The van der Waals surface area contributed by atoms with E-state index >= 15 is 0 Å². The molecule has 2 saturated carbocycles. The van der Waals surface area contributed by atoms with Crippen molar-refractivity contribution < 1.29 is 13.8 Å². The van der Waals surface area contributed by atoms with Crippen LogP contribution in [0.3, 0.4) is 0 Å². The van der Waals surface area contributed by atoms with E-state index in [4.69, 9.17) is 9.26 Å². The molecule has 0 bridgehead atoms. The molecule has 2 aliphatic carbocycles. The van der Waals surface area contributed by atoms with Crippen LogP contribution < -0.4 is 14.6 Å². The van der Waals surface area contributed by atoms with Crippen LogP contribution in [0.15, 0.2) is 54.6 Å². The van der Waals surface area contributed by atoms with Gasteiger partial charge in [-0.1, -0.05) is 106 Å². The topological polar surface area (TPSA) is 35.5 Å². The molecule has 0 heterocycles. The van der Waals surface area contributed by atoms with Gasteiger partial charge < -0.3 is 9.26 Å². The molecule has 3 aromatic carbocycles. The Bertz CT molecular complexity index is 1350. The van der Waals surface area contributed by atoms with Crippen LogP contribution in [0, 0.1) is 13.8 Å². The van der Waals surface area contributed by atoms with Crippen LogP contribution in [0.5, 0.6) is 11.5 Å². The van der Waals surface area contributed by atoms with Crippen molar-refractivity contribution in [3.05, 3.63) is 88.0 Å². The van der Waals surface area contributed by atoms with Gasteiger partial charge in [0.1, 0.15) is 11.5 Å². The maximum absolute atomic E-state index is 13.7. The number of hydrogen-bond donors (Lipinski definition) is 0. The Morgan fingerprint density at radius 1 is 0.700 bits per heavy atom. The molecule has 0 amide bonds. The zero-order valence-electron chi connectivity index (χ0n) is 25.2. The summed E-state index contributed by atoms with van der Waals surface area (Å²) in [5, 5.41) is 0.763. The van der Waals surface area contributed by atoms with Crippen LogP contribution in [0.2, 0.25) is 0 Å². The highest BCUT2D eigenvalue weighted by Crippen LogP contribution is 2.49. The van der Waals surface area contributed by atoms with E-state index in [1.54, 1.807) is 0 Å². The first kappa shape index (κ1) is 29.0. The Morgan fingerprint density at radius 2 is 1.18 bits per heavy atom. The summed E-state index contributed by atoms with van der Waals surface area (Å²) in [6, 6.07) is 18.8. The minimum absolute atomic E-state index is 0.0185. The summed E-state index contributed by atoms with van der Waals surface area (Å²) in [7, 11) is -0.651. The highest BCUT2D eigenvalue weighted by Gasteiger charge is 2.35. The SMILES string of the molecule is COc1c(Cc2cc(C)cc(C3(C)CCCCC3)c2O[PH](=O)c2ccccc2)cc(C)cc1C1(C)CCCCC1. The van der Waals surface area contributed by atoms with Gasteiger partial charge in [0, 0.05) is 22.9 Å². The minimum Gasteiger partial charge on any atom is -0.496 e. The molecule has 0 spiro atoms. The van der Waals surface area contributed by atoms with E-state index < -0.39 is 8.03 Å². The number of ether oxygens (including phenoxy) is 1. The summed E-state index contributed by atoms with van der Waals surface area (Å²) >= 11 is 0. The molecule has 0 N–H and O–H groups in total. The predicted molar refractivity (Wildman–Crippen MR) is 168 cm³/mol. The lowest BCUT2D eigenvalue weighted by Crippen LogP contribution is -2.27. The number of benzene rings is 3. The van der Waals surface area contributed by atoms with Gasteiger partial charge in [-0.3, -0.25) is 4.57 Å². The van der Waals surface area contributed by atoms with Gasteiger partial charge in [0.25, 0.3) is 8.03 Å². The molecule has 40 heavy (non-hydrogen) atoms. The molecular formula is C36H47O3P. The molecule has 3 nitrogen and oxygen atoms in total. The van der Waals surface area contributed by atoms with E-state index in [1.165, 1.54) is 79.2 Å². The molecular weight excluding hydrogens is 511 g/mol. The standard InChI is InChI=1S/C36H47O3P/c1-26-21-28(33(38-5)31(23-26)35(3)17-11-7-12-18-35)25-29-22-27(2)24-32(36(4)19-13-8-14-20-36)34(29)39-40(37)30-15-9-6-10-16-30/h6,9-10,15-16,21-24,40H,7-8,11-14,17-20,25H2,1-5H3. The number of rotatable bonds is 8. The first-order valence-corrected chi connectivity index (χ1v) is 16.6. The molecule has 2 fully saturated rings. The molecule has 5 rings (SSSR count). The van der Waals surface area contributed by atoms with Gasteiger partial charge >= 0.3 is 0 Å². The van der Waals surface area contributed by atoms with Gasteiger partial charge in [-0.2, -0.15) is 0 Å². The molecule has 0 aromatic heterocycles. The van der Waals surface area contributed by atoms with E-state index in [-0.39, 0.29) is 10.8 Å². The van der Waals surface area contributed by atoms with Crippen molar-refractivity contribution in [2.45, 2.75) is 109 Å². The monoisotopic (exact) mass is 558 g/mol. The van der Waals surface area contributed by atoms with Gasteiger partial charge in [-0.15, -0.1) is 0 Å². The normalized spacial score (nSPS) is 19.1. The lowest BCUT2D eigenvalue weighted by Gasteiger charge is -2.37. The number of methoxy groups -OCH3 is 1. The number of aryl methyl sites for hydroxylation is 2. The summed E-state index contributed by atoms with van der Waals surface area (Å²) in [5.74, 6) is 1.85. The number of hydrogen-bond acceptors (Lipinski definition) is 3. The fourth-order valence-electron chi connectivity index (χ4n) is 7.35. The van der Waals surface area contributed by atoms with Gasteiger partial charge in [0.05, 0.1) is 7.11 Å². The van der Waals surface area contributed by atoms with E-state index in [2.05, 4.69) is 52.0 Å². The van der Waals surface area contributed by atoms with E-state index in [9.17, 15) is 4.57 Å². The molecule has 0 radical (unpaired) electrons. The Morgan fingerprint density at radius 3 is 1.68 bits per heavy atom. The second-order valence-electron chi connectivity index (χ2n) is 13.0. The quantitative estimate of drug-likeness (QED) is 0.258. The molecule has 0 aliphatic heterocycles. The van der Waals surface area contributed by atoms with Crippen LogP contribution in [-0.2, 0) is 21.8 Å². The third kappa shape index (κ3) is 6.06. The first-order chi connectivity index (χ1) is 19.2. The Kier molecular flexibility index (Phi) is 8.81. The van der Waals surface area contributed by atoms with Gasteiger partial charge in [0.2, 0.25) is 0 Å². The van der Waals surface area contributed by atoms with Crippen molar-refractivity contribution in [3.63, 3.8) is 0 Å². The Balaban J connectivity index is 1.63. The third-order valence-corrected chi connectivity index (χ3v) is 10.8. The summed E-state index contributed by atoms with van der Waals surface area (Å²) < 4.78 is 26.5. The molecule has 0 saturated heterocycles. The predicted octanol–water partition coefficient (Wildman–Crippen LogP) is 9.53. The van der Waals surface area contributed by atoms with Crippen LogP contribution in [0.4, 0.5) is 0 Å². The summed E-state index contributed by atoms with van der Waals surface area (Å²) in [4.78, 5) is 0. The van der Waals surface area contributed by atoms with E-state index in [0.29, 0.717) is 6.42 Å². The largest absolute Gasteiger partial charge is 0.496 e. The Labute approximate surface area is 242 Å². The second kappa shape index (κ2) is 12.2. The fraction of sp³-hybridized carbons (Fsp3) is 0.500. The Hall–Kier alpha value is -2.51. The first-order valence-electron chi connectivity index (χ1n) is 15.3. The van der Waals surface area contributed by atoms with E-state index in [0.717, 1.165) is 35.2 Å². The van der Waals surface area contributed by atoms with Gasteiger partial charge in [-0.05, 0) is 73.6 Å². The maximum Gasteiger partial charge on any atom is 0.265 e. The smallest absolute Gasteiger partial charge is 0.265 e. The average molecular weight is 559 g/mol. The maximum atomic E-state index is 13.7. The van der Waals surface area contributed by atoms with Crippen molar-refractivity contribution in [3.8, 4) is 11.5 Å².